The fourth-order valence-corrected chi connectivity index (χ4v) is 1.77. The van der Waals surface area contributed by atoms with Crippen molar-refractivity contribution in [1.82, 2.24) is 5.32 Å². The zero-order valence-electron chi connectivity index (χ0n) is 12.4. The molecule has 7 nitrogen and oxygen atoms in total. The molecule has 0 saturated heterocycles. The summed E-state index contributed by atoms with van der Waals surface area (Å²) in [7, 11) is 1.67. The molecule has 0 fully saturated rings. The molecule has 0 aromatic heterocycles. The van der Waals surface area contributed by atoms with Crippen LogP contribution in [0.5, 0.6) is 5.75 Å². The Kier molecular flexibility index (Phi) is 6.61. The minimum absolute atomic E-state index is 0.0221. The average molecular weight is 296 g/mol. The van der Waals surface area contributed by atoms with Gasteiger partial charge in [-0.15, -0.1) is 0 Å². The van der Waals surface area contributed by atoms with Crippen LogP contribution in [0.2, 0.25) is 0 Å². The van der Waals surface area contributed by atoms with Gasteiger partial charge in [-0.05, 0) is 32.5 Å². The van der Waals surface area contributed by atoms with Crippen molar-refractivity contribution in [3.63, 3.8) is 0 Å². The molecule has 1 rings (SSSR count). The summed E-state index contributed by atoms with van der Waals surface area (Å²) in [6.07, 6.45) is 0.414. The SMILES string of the molecule is CCOC(=O)C(CCOc1cc([N+](=O)[O-])ccc1C)NC. The number of aryl methyl sites for hydroxylation is 1. The molecule has 0 amide bonds. The number of likely N-dealkylation sites (N-methyl/N-ethyl adjacent to an activating group) is 1. The predicted octanol–water partition coefficient (Wildman–Crippen LogP) is 1.82. The van der Waals surface area contributed by atoms with Crippen molar-refractivity contribution in [2.24, 2.45) is 0 Å². The predicted molar refractivity (Wildman–Crippen MR) is 77.4 cm³/mol. The fourth-order valence-electron chi connectivity index (χ4n) is 1.77. The van der Waals surface area contributed by atoms with Crippen molar-refractivity contribution < 1.29 is 19.2 Å². The molecule has 21 heavy (non-hydrogen) atoms. The second kappa shape index (κ2) is 8.21. The number of nitro benzene ring substituents is 1. The van der Waals surface area contributed by atoms with Crippen LogP contribution >= 0.6 is 0 Å². The number of hydrogen-bond donors (Lipinski definition) is 1. The quantitative estimate of drug-likeness (QED) is 0.447. The van der Waals surface area contributed by atoms with E-state index in [1.165, 1.54) is 12.1 Å². The van der Waals surface area contributed by atoms with E-state index in [1.54, 1.807) is 27.0 Å². The van der Waals surface area contributed by atoms with E-state index in [4.69, 9.17) is 9.47 Å². The molecule has 0 heterocycles. The zero-order chi connectivity index (χ0) is 15.8. The van der Waals surface area contributed by atoms with E-state index in [1.807, 2.05) is 0 Å². The van der Waals surface area contributed by atoms with Gasteiger partial charge in [0.05, 0.1) is 24.2 Å². The first kappa shape index (κ1) is 16.9. The van der Waals surface area contributed by atoms with E-state index in [9.17, 15) is 14.9 Å². The monoisotopic (exact) mass is 296 g/mol. The van der Waals surface area contributed by atoms with E-state index in [-0.39, 0.29) is 18.3 Å². The van der Waals surface area contributed by atoms with Gasteiger partial charge in [-0.3, -0.25) is 14.9 Å². The van der Waals surface area contributed by atoms with Crippen LogP contribution < -0.4 is 10.1 Å². The smallest absolute Gasteiger partial charge is 0.323 e. The highest BCUT2D eigenvalue weighted by Gasteiger charge is 2.18. The van der Waals surface area contributed by atoms with Gasteiger partial charge in [0.2, 0.25) is 0 Å². The van der Waals surface area contributed by atoms with Gasteiger partial charge in [-0.2, -0.15) is 0 Å². The first-order chi connectivity index (χ1) is 9.99. The summed E-state index contributed by atoms with van der Waals surface area (Å²) in [5.41, 5.74) is 0.781. The van der Waals surface area contributed by atoms with Crippen LogP contribution in [0.15, 0.2) is 18.2 Å². The van der Waals surface area contributed by atoms with Gasteiger partial charge < -0.3 is 14.8 Å². The first-order valence-corrected chi connectivity index (χ1v) is 6.71. The van der Waals surface area contributed by atoms with Crippen molar-refractivity contribution in [2.75, 3.05) is 20.3 Å². The molecule has 1 N–H and O–H groups in total. The normalized spacial score (nSPS) is 11.8. The topological polar surface area (TPSA) is 90.7 Å². The van der Waals surface area contributed by atoms with Crippen molar-refractivity contribution in [3.05, 3.63) is 33.9 Å². The lowest BCUT2D eigenvalue weighted by atomic mass is 10.2. The number of nitrogens with zero attached hydrogens (tertiary/aromatic N) is 1. The third-order valence-electron chi connectivity index (χ3n) is 2.97. The molecule has 0 saturated carbocycles. The van der Waals surface area contributed by atoms with Crippen molar-refractivity contribution in [2.45, 2.75) is 26.3 Å². The molecular weight excluding hydrogens is 276 g/mol. The molecule has 0 aliphatic rings. The summed E-state index contributed by atoms with van der Waals surface area (Å²) < 4.78 is 10.5. The van der Waals surface area contributed by atoms with Gasteiger partial charge in [0.15, 0.2) is 0 Å². The van der Waals surface area contributed by atoms with E-state index in [2.05, 4.69) is 5.32 Å². The number of nitrogens with one attached hydrogen (secondary N) is 1. The van der Waals surface area contributed by atoms with Crippen molar-refractivity contribution in [3.8, 4) is 5.75 Å². The molecule has 7 heteroatoms. The lowest BCUT2D eigenvalue weighted by molar-refractivity contribution is -0.384. The van der Waals surface area contributed by atoms with E-state index >= 15 is 0 Å². The summed E-state index contributed by atoms with van der Waals surface area (Å²) in [5.74, 6) is 0.113. The number of carbonyl (C=O) groups is 1. The largest absolute Gasteiger partial charge is 0.493 e. The number of hydrogen-bond acceptors (Lipinski definition) is 6. The molecule has 116 valence electrons. The number of carbonyl (C=O) groups excluding carboxylic acids is 1. The zero-order valence-corrected chi connectivity index (χ0v) is 12.4. The number of non-ortho nitro benzene ring substituents is 1. The minimum atomic E-state index is -0.471. The maximum atomic E-state index is 11.6. The molecule has 0 bridgehead atoms. The van der Waals surface area contributed by atoms with Crippen LogP contribution in [0.25, 0.3) is 0 Å². The first-order valence-electron chi connectivity index (χ1n) is 6.71. The average Bonchev–Trinajstić information content (AvgIpc) is 2.45. The highest BCUT2D eigenvalue weighted by molar-refractivity contribution is 5.75. The lowest BCUT2D eigenvalue weighted by Crippen LogP contribution is -2.36. The van der Waals surface area contributed by atoms with Crippen LogP contribution in [-0.2, 0) is 9.53 Å². The molecule has 0 radical (unpaired) electrons. The number of nitro groups is 1. The second-order valence-corrected chi connectivity index (χ2v) is 4.44. The van der Waals surface area contributed by atoms with Crippen molar-refractivity contribution >= 4 is 11.7 Å². The highest BCUT2D eigenvalue weighted by Crippen LogP contribution is 2.24. The fraction of sp³-hybridized carbons (Fsp3) is 0.500. The Morgan fingerprint density at radius 1 is 1.48 bits per heavy atom. The number of esters is 1. The second-order valence-electron chi connectivity index (χ2n) is 4.44. The maximum absolute atomic E-state index is 11.6. The summed E-state index contributed by atoms with van der Waals surface area (Å²) in [4.78, 5) is 21.9. The Hall–Kier alpha value is -2.15. The molecule has 0 aliphatic heterocycles. The minimum Gasteiger partial charge on any atom is -0.493 e. The van der Waals surface area contributed by atoms with Gasteiger partial charge in [0, 0.05) is 12.5 Å². The Balaban J connectivity index is 2.60. The third kappa shape index (κ3) is 5.03. The Labute approximate surface area is 123 Å². The van der Waals surface area contributed by atoms with Gasteiger partial charge in [-0.25, -0.2) is 0 Å². The van der Waals surface area contributed by atoms with Gasteiger partial charge in [0.1, 0.15) is 11.8 Å². The Morgan fingerprint density at radius 3 is 2.76 bits per heavy atom. The highest BCUT2D eigenvalue weighted by atomic mass is 16.6. The maximum Gasteiger partial charge on any atom is 0.323 e. The van der Waals surface area contributed by atoms with E-state index in [0.717, 1.165) is 5.56 Å². The molecular formula is C14H20N2O5. The Bertz CT molecular complexity index is 504. The van der Waals surface area contributed by atoms with Crippen molar-refractivity contribution in [1.29, 1.82) is 0 Å². The molecule has 1 unspecified atom stereocenters. The number of rotatable bonds is 8. The van der Waals surface area contributed by atoms with E-state index < -0.39 is 11.0 Å². The molecule has 1 aromatic rings. The number of benzene rings is 1. The van der Waals surface area contributed by atoms with Crippen LogP contribution in [0, 0.1) is 17.0 Å². The van der Waals surface area contributed by atoms with Gasteiger partial charge in [-0.1, -0.05) is 0 Å². The van der Waals surface area contributed by atoms with Crippen LogP contribution in [0.1, 0.15) is 18.9 Å². The summed E-state index contributed by atoms with van der Waals surface area (Å²) >= 11 is 0. The van der Waals surface area contributed by atoms with Crippen LogP contribution in [0.3, 0.4) is 0 Å². The Morgan fingerprint density at radius 2 is 2.19 bits per heavy atom. The molecule has 0 spiro atoms. The molecule has 1 aromatic carbocycles. The summed E-state index contributed by atoms with van der Waals surface area (Å²) in [5, 5.41) is 13.6. The third-order valence-corrected chi connectivity index (χ3v) is 2.97. The lowest BCUT2D eigenvalue weighted by Gasteiger charge is -2.15. The van der Waals surface area contributed by atoms with Gasteiger partial charge >= 0.3 is 5.97 Å². The van der Waals surface area contributed by atoms with Gasteiger partial charge in [0.25, 0.3) is 5.69 Å². The molecule has 1 atom stereocenters. The van der Waals surface area contributed by atoms with Crippen LogP contribution in [-0.4, -0.2) is 37.2 Å². The number of ether oxygens (including phenoxy) is 2. The van der Waals surface area contributed by atoms with E-state index in [0.29, 0.717) is 18.8 Å². The molecule has 0 aliphatic carbocycles. The summed E-state index contributed by atoms with van der Waals surface area (Å²) in [6, 6.07) is 3.99. The van der Waals surface area contributed by atoms with Crippen LogP contribution in [0.4, 0.5) is 5.69 Å². The summed E-state index contributed by atoms with van der Waals surface area (Å²) in [6.45, 7) is 4.13. The standard InChI is InChI=1S/C14H20N2O5/c1-4-20-14(17)12(15-3)7-8-21-13-9-11(16(18)19)6-5-10(13)2/h5-6,9,12,15H,4,7-8H2,1-3H3.